The number of thioether (sulfide) groups is 1. The summed E-state index contributed by atoms with van der Waals surface area (Å²) in [5.74, 6) is -2.32. The minimum atomic E-state index is -1.20. The van der Waals surface area contributed by atoms with Crippen molar-refractivity contribution in [1.29, 1.82) is 0 Å². The Hall–Kier alpha value is -1.03. The van der Waals surface area contributed by atoms with Crippen molar-refractivity contribution in [2.45, 2.75) is 25.4 Å². The van der Waals surface area contributed by atoms with E-state index in [0.29, 0.717) is 17.9 Å². The van der Waals surface area contributed by atoms with Gasteiger partial charge in [-0.05, 0) is 6.42 Å². The zero-order valence-electron chi connectivity index (χ0n) is 11.8. The van der Waals surface area contributed by atoms with Gasteiger partial charge in [0, 0.05) is 24.3 Å². The molecule has 3 aliphatic rings. The van der Waals surface area contributed by atoms with Gasteiger partial charge in [0.15, 0.2) is 0 Å². The number of amides is 3. The van der Waals surface area contributed by atoms with Gasteiger partial charge in [-0.1, -0.05) is 0 Å². The van der Waals surface area contributed by atoms with Gasteiger partial charge in [0.05, 0.1) is 11.8 Å². The van der Waals surface area contributed by atoms with Crippen LogP contribution in [0.1, 0.15) is 13.3 Å². The molecule has 0 spiro atoms. The summed E-state index contributed by atoms with van der Waals surface area (Å²) in [7, 11) is 0. The van der Waals surface area contributed by atoms with E-state index < -0.39 is 17.9 Å². The zero-order valence-corrected chi connectivity index (χ0v) is 12.6. The molecule has 8 nitrogen and oxygen atoms in total. The van der Waals surface area contributed by atoms with Gasteiger partial charge in [-0.2, -0.15) is 0 Å². The molecular weight excluding hydrogens is 333 g/mol. The molecule has 0 radical (unpaired) electrons. The van der Waals surface area contributed by atoms with E-state index in [-0.39, 0.29) is 64.8 Å². The fourth-order valence-corrected chi connectivity index (χ4v) is 4.47. The Labute approximate surface area is 158 Å². The van der Waals surface area contributed by atoms with E-state index in [1.54, 1.807) is 0 Å². The van der Waals surface area contributed by atoms with E-state index in [1.165, 1.54) is 16.7 Å². The molecule has 0 saturated carbocycles. The molecule has 120 valence electrons. The number of primary amides is 1. The number of aliphatic carboxylic acids is 1. The Morgan fingerprint density at radius 2 is 2.04 bits per heavy atom. The summed E-state index contributed by atoms with van der Waals surface area (Å²) in [6.07, 6.45) is 0.439. The number of allylic oxidation sites excluding steroid dienone is 1. The summed E-state index contributed by atoms with van der Waals surface area (Å²) < 4.78 is 0. The molecule has 0 unspecified atom stereocenters. The third kappa shape index (κ3) is 2.79. The Morgan fingerprint density at radius 1 is 1.39 bits per heavy atom. The van der Waals surface area contributed by atoms with Gasteiger partial charge < -0.3 is 15.7 Å². The van der Waals surface area contributed by atoms with Crippen molar-refractivity contribution in [2.75, 3.05) is 12.3 Å². The third-order valence-electron chi connectivity index (χ3n) is 4.31. The summed E-state index contributed by atoms with van der Waals surface area (Å²) in [4.78, 5) is 49.7. The van der Waals surface area contributed by atoms with Crippen molar-refractivity contribution in [3.8, 4) is 0 Å². The van der Waals surface area contributed by atoms with Crippen molar-refractivity contribution in [3.05, 3.63) is 10.6 Å². The molecule has 3 aliphatic heterocycles. The van der Waals surface area contributed by atoms with Crippen LogP contribution in [0.4, 0.5) is 0 Å². The molecule has 0 bridgehead atoms. The quantitative estimate of drug-likeness (QED) is 0.462. The van der Waals surface area contributed by atoms with Crippen LogP contribution in [0.3, 0.4) is 0 Å². The molecule has 3 atom stereocenters. The van der Waals surface area contributed by atoms with Crippen LogP contribution in [-0.4, -0.2) is 92.5 Å². The number of hydrogen-bond acceptors (Lipinski definition) is 5. The number of carbonyl (C=O) groups is 4. The second-order valence-corrected chi connectivity index (χ2v) is 6.68. The van der Waals surface area contributed by atoms with Crippen molar-refractivity contribution >= 4 is 65.0 Å². The van der Waals surface area contributed by atoms with E-state index in [9.17, 15) is 24.3 Å². The summed E-state index contributed by atoms with van der Waals surface area (Å²) in [6, 6.07) is -0.806. The first-order valence-electron chi connectivity index (χ1n) is 6.80. The second-order valence-electron chi connectivity index (χ2n) is 5.61. The molecule has 0 aromatic carbocycles. The fourth-order valence-electron chi connectivity index (χ4n) is 3.50. The molecular formula is C13H16N3NaO5S. The van der Waals surface area contributed by atoms with Crippen LogP contribution in [0.25, 0.3) is 0 Å². The van der Waals surface area contributed by atoms with Gasteiger partial charge >= 0.3 is 35.5 Å². The molecule has 0 aromatic rings. The van der Waals surface area contributed by atoms with E-state index in [1.807, 2.05) is 0 Å². The molecule has 2 saturated heterocycles. The van der Waals surface area contributed by atoms with Gasteiger partial charge in [0.25, 0.3) is 5.91 Å². The van der Waals surface area contributed by atoms with Crippen LogP contribution in [0, 0.1) is 5.92 Å². The Balaban J connectivity index is 0.00000192. The summed E-state index contributed by atoms with van der Waals surface area (Å²) in [5, 5.41) is 9.42. The Morgan fingerprint density at radius 3 is 2.57 bits per heavy atom. The molecule has 3 N–H and O–H groups in total. The number of rotatable bonds is 4. The van der Waals surface area contributed by atoms with Gasteiger partial charge in [-0.25, -0.2) is 4.79 Å². The van der Waals surface area contributed by atoms with Crippen LogP contribution in [0.15, 0.2) is 10.6 Å². The predicted octanol–water partition coefficient (Wildman–Crippen LogP) is -1.69. The number of carboxylic acid groups (broad SMARTS) is 1. The standard InChI is InChI=1S/C13H15N3O5S.Na.H/c1-5(17)15-3-6-2-7(22-4-8(14)18)10(13(20)21)16-9(6)11(15)12(16)19;;/h6,9,11H,2-4H2,1H3,(H2,14,18)(H,20,21);;/t6-,9-,11+;;/m1../s1. The average molecular weight is 349 g/mol. The summed E-state index contributed by atoms with van der Waals surface area (Å²) in [6.45, 7) is 1.84. The number of hydrogen-bond donors (Lipinski definition) is 2. The van der Waals surface area contributed by atoms with Crippen molar-refractivity contribution in [2.24, 2.45) is 11.7 Å². The van der Waals surface area contributed by atoms with E-state index in [2.05, 4.69) is 0 Å². The molecule has 3 rings (SSSR count). The van der Waals surface area contributed by atoms with Gasteiger partial charge in [-0.15, -0.1) is 11.8 Å². The number of carboxylic acids is 1. The number of carbonyl (C=O) groups excluding carboxylic acids is 3. The van der Waals surface area contributed by atoms with E-state index in [0.717, 1.165) is 11.8 Å². The predicted molar refractivity (Wildman–Crippen MR) is 83.4 cm³/mol. The zero-order chi connectivity index (χ0) is 16.2. The summed E-state index contributed by atoms with van der Waals surface area (Å²) in [5.41, 5.74) is 5.04. The molecule has 23 heavy (non-hydrogen) atoms. The average Bonchev–Trinajstić information content (AvgIpc) is 2.79. The first kappa shape index (κ1) is 18.3. The van der Waals surface area contributed by atoms with Gasteiger partial charge in [-0.3, -0.25) is 19.3 Å². The number of nitrogens with two attached hydrogens (primary N) is 1. The van der Waals surface area contributed by atoms with E-state index in [4.69, 9.17) is 5.73 Å². The van der Waals surface area contributed by atoms with Crippen LogP contribution in [-0.2, 0) is 19.2 Å². The van der Waals surface area contributed by atoms with Crippen molar-refractivity contribution in [1.82, 2.24) is 9.80 Å². The maximum absolute atomic E-state index is 12.3. The monoisotopic (exact) mass is 349 g/mol. The van der Waals surface area contributed by atoms with E-state index >= 15 is 0 Å². The maximum atomic E-state index is 12.3. The molecule has 0 aliphatic carbocycles. The first-order valence-corrected chi connectivity index (χ1v) is 7.79. The minimum absolute atomic E-state index is 0. The summed E-state index contributed by atoms with van der Waals surface area (Å²) >= 11 is 1.06. The van der Waals surface area contributed by atoms with Gasteiger partial charge in [0.1, 0.15) is 11.7 Å². The molecule has 2 fully saturated rings. The number of β-lactam (4-membered cyclic amide) rings is 1. The topological polar surface area (TPSA) is 121 Å². The molecule has 10 heteroatoms. The molecule has 3 amide bonds. The second kappa shape index (κ2) is 6.46. The van der Waals surface area contributed by atoms with Crippen LogP contribution < -0.4 is 5.73 Å². The van der Waals surface area contributed by atoms with Crippen molar-refractivity contribution < 1.29 is 24.3 Å². The normalized spacial score (nSPS) is 28.0. The molecule has 3 heterocycles. The van der Waals surface area contributed by atoms with Crippen LogP contribution in [0.2, 0.25) is 0 Å². The van der Waals surface area contributed by atoms with Crippen molar-refractivity contribution in [3.63, 3.8) is 0 Å². The Kier molecular flexibility index (Phi) is 5.15. The SMILES string of the molecule is CC(=O)N1C[C@H]2CC(SCC(N)=O)=C(C(=O)O)N3C(=O)[C@@H]1[C@@H]23.[NaH]. The van der Waals surface area contributed by atoms with Gasteiger partial charge in [0.2, 0.25) is 11.8 Å². The number of nitrogens with zero attached hydrogens (tertiary/aromatic N) is 2. The fraction of sp³-hybridized carbons (Fsp3) is 0.538. The van der Waals surface area contributed by atoms with Crippen LogP contribution in [0.5, 0.6) is 0 Å². The Bertz CT molecular complexity index is 637. The first-order chi connectivity index (χ1) is 10.3. The van der Waals surface area contributed by atoms with Crippen LogP contribution >= 0.6 is 11.8 Å². The molecule has 0 aromatic heterocycles. The third-order valence-corrected chi connectivity index (χ3v) is 5.45. The number of likely N-dealkylation sites (tertiary alicyclic amines) is 1.